The minimum absolute atomic E-state index is 0.0503. The van der Waals surface area contributed by atoms with Gasteiger partial charge in [-0.3, -0.25) is 9.59 Å². The summed E-state index contributed by atoms with van der Waals surface area (Å²) in [6.45, 7) is 10.3. The fourth-order valence-electron chi connectivity index (χ4n) is 8.98. The topological polar surface area (TPSA) is 179 Å². The summed E-state index contributed by atoms with van der Waals surface area (Å²) in [4.78, 5) is 72.4. The second kappa shape index (κ2) is 22.8. The molecule has 14 heteroatoms. The minimum Gasteiger partial charge on any atom is -0.458 e. The summed E-state index contributed by atoms with van der Waals surface area (Å²) < 4.78 is 18.8. The number of carbonyl (C=O) groups is 5. The Morgan fingerprint density at radius 1 is 0.606 bits per heavy atom. The van der Waals surface area contributed by atoms with Crippen molar-refractivity contribution < 1.29 is 38.2 Å². The predicted octanol–water partition coefficient (Wildman–Crippen LogP) is 8.81. The van der Waals surface area contributed by atoms with Crippen molar-refractivity contribution in [1.29, 1.82) is 0 Å². The summed E-state index contributed by atoms with van der Waals surface area (Å²) >= 11 is 0. The lowest BCUT2D eigenvalue weighted by Gasteiger charge is -2.37. The lowest BCUT2D eigenvalue weighted by atomic mass is 9.77. The van der Waals surface area contributed by atoms with E-state index in [0.29, 0.717) is 18.5 Å². The molecule has 0 saturated heterocycles. The SMILES string of the molecule is CC(C)(C)OC(=O)NCCCC[C@H](NC(=O)[C@H](Cc1cn(C(c2ccccc2)(c2ccccc2)c2ccccc2)cn1)NC(=O)CNC(=O)OCC1c2ccccc2-c2ccccc21)C(=O)OC(C)(C)C. The standard InChI is InChI=1S/C57H64N6O8/c1-55(2,3)70-52(66)48(32-20-21-33-58-54(68)71-56(4,5)6)62-51(65)49(61-50(64)35-59-53(67)69-37-47-45-30-18-16-28-43(45)44-29-17-19-31-46(44)47)34-42-36-63(38-60-42)57(39-22-10-7-11-23-39,40-24-12-8-13-25-40)41-26-14-9-15-27-41/h7-19,22-31,36,38,47-49H,20-21,32-35,37H2,1-6H3,(H,58,68)(H,59,67)(H,61,64)(H,62,65)/t48-,49-/m0/s1. The van der Waals surface area contributed by atoms with Crippen molar-refractivity contribution >= 4 is 30.0 Å². The summed E-state index contributed by atoms with van der Waals surface area (Å²) in [7, 11) is 0. The van der Waals surface area contributed by atoms with E-state index in [2.05, 4.69) is 57.7 Å². The van der Waals surface area contributed by atoms with Crippen molar-refractivity contribution in [3.8, 4) is 11.1 Å². The van der Waals surface area contributed by atoms with Gasteiger partial charge in [-0.05, 0) is 99.7 Å². The summed E-state index contributed by atoms with van der Waals surface area (Å²) in [5.74, 6) is -2.18. The first-order valence-electron chi connectivity index (χ1n) is 24.1. The zero-order valence-corrected chi connectivity index (χ0v) is 41.3. The zero-order chi connectivity index (χ0) is 50.6. The maximum Gasteiger partial charge on any atom is 0.407 e. The molecule has 4 N–H and O–H groups in total. The highest BCUT2D eigenvalue weighted by Crippen LogP contribution is 2.45. The third-order valence-electron chi connectivity index (χ3n) is 12.0. The number of fused-ring (bicyclic) bond motifs is 3. The van der Waals surface area contributed by atoms with E-state index in [4.69, 9.17) is 19.2 Å². The normalized spacial score (nSPS) is 13.2. The number of benzene rings is 5. The number of nitrogens with zero attached hydrogens (tertiary/aromatic N) is 2. The second-order valence-electron chi connectivity index (χ2n) is 19.6. The molecule has 1 aromatic heterocycles. The fraction of sp³-hybridized carbons (Fsp3) is 0.333. The van der Waals surface area contributed by atoms with Gasteiger partial charge in [-0.2, -0.15) is 0 Å². The molecule has 5 aromatic carbocycles. The van der Waals surface area contributed by atoms with E-state index in [1.807, 2.05) is 114 Å². The van der Waals surface area contributed by atoms with Crippen LogP contribution < -0.4 is 21.3 Å². The highest BCUT2D eigenvalue weighted by Gasteiger charge is 2.39. The molecule has 4 amide bonds. The third kappa shape index (κ3) is 13.1. The smallest absolute Gasteiger partial charge is 0.407 e. The Morgan fingerprint density at radius 2 is 1.13 bits per heavy atom. The van der Waals surface area contributed by atoms with Crippen molar-refractivity contribution in [1.82, 2.24) is 30.8 Å². The van der Waals surface area contributed by atoms with Gasteiger partial charge in [0.05, 0.1) is 12.0 Å². The van der Waals surface area contributed by atoms with Gasteiger partial charge < -0.3 is 40.0 Å². The first-order valence-corrected chi connectivity index (χ1v) is 24.1. The van der Waals surface area contributed by atoms with Crippen molar-refractivity contribution in [2.24, 2.45) is 0 Å². The number of unbranched alkanes of at least 4 members (excludes halogenated alkanes) is 1. The number of aromatic nitrogens is 2. The molecule has 14 nitrogen and oxygen atoms in total. The summed E-state index contributed by atoms with van der Waals surface area (Å²) in [5.41, 5.74) is 5.18. The van der Waals surface area contributed by atoms with E-state index in [0.717, 1.165) is 38.9 Å². The van der Waals surface area contributed by atoms with Crippen LogP contribution in [0.15, 0.2) is 152 Å². The molecule has 0 bridgehead atoms. The minimum atomic E-state index is -1.27. The number of hydrogen-bond donors (Lipinski definition) is 4. The molecule has 0 aliphatic heterocycles. The molecule has 0 fully saturated rings. The summed E-state index contributed by atoms with van der Waals surface area (Å²) in [5, 5.41) is 10.9. The quantitative estimate of drug-likeness (QED) is 0.0267. The van der Waals surface area contributed by atoms with Crippen LogP contribution in [0.1, 0.15) is 100 Å². The number of rotatable bonds is 19. The van der Waals surface area contributed by atoms with E-state index in [1.54, 1.807) is 47.9 Å². The highest BCUT2D eigenvalue weighted by molar-refractivity contribution is 5.92. The van der Waals surface area contributed by atoms with Gasteiger partial charge in [-0.1, -0.05) is 140 Å². The van der Waals surface area contributed by atoms with Gasteiger partial charge in [0.2, 0.25) is 11.8 Å². The van der Waals surface area contributed by atoms with E-state index < -0.39 is 65.3 Å². The Hall–Kier alpha value is -7.74. The predicted molar refractivity (Wildman–Crippen MR) is 271 cm³/mol. The maximum absolute atomic E-state index is 14.6. The van der Waals surface area contributed by atoms with Crippen LogP contribution in [-0.4, -0.2) is 82.5 Å². The molecular formula is C57H64N6O8. The van der Waals surface area contributed by atoms with Crippen molar-refractivity contribution in [3.05, 3.63) is 186 Å². The first-order chi connectivity index (χ1) is 34.0. The Morgan fingerprint density at radius 3 is 1.66 bits per heavy atom. The van der Waals surface area contributed by atoms with Crippen LogP contribution in [0.2, 0.25) is 0 Å². The monoisotopic (exact) mass is 960 g/mol. The molecule has 71 heavy (non-hydrogen) atoms. The number of nitrogens with one attached hydrogen (secondary N) is 4. The van der Waals surface area contributed by atoms with Crippen LogP contribution in [0.25, 0.3) is 11.1 Å². The molecule has 1 heterocycles. The van der Waals surface area contributed by atoms with Crippen molar-refractivity contribution in [3.63, 3.8) is 0 Å². The number of ether oxygens (including phenoxy) is 3. The zero-order valence-electron chi connectivity index (χ0n) is 41.3. The number of amides is 4. The lowest BCUT2D eigenvalue weighted by molar-refractivity contribution is -0.159. The van der Waals surface area contributed by atoms with Crippen LogP contribution in [0.5, 0.6) is 0 Å². The van der Waals surface area contributed by atoms with E-state index in [9.17, 15) is 24.0 Å². The summed E-state index contributed by atoms with van der Waals surface area (Å²) in [6.07, 6.45) is 3.19. The van der Waals surface area contributed by atoms with Gasteiger partial charge in [0, 0.05) is 25.1 Å². The highest BCUT2D eigenvalue weighted by atomic mass is 16.6. The fourth-order valence-corrected chi connectivity index (χ4v) is 8.98. The average molecular weight is 961 g/mol. The molecule has 0 saturated carbocycles. The van der Waals surface area contributed by atoms with Crippen LogP contribution in [0.3, 0.4) is 0 Å². The molecule has 370 valence electrons. The Bertz CT molecular complexity index is 2620. The molecule has 1 aliphatic rings. The van der Waals surface area contributed by atoms with Gasteiger partial charge >= 0.3 is 18.2 Å². The van der Waals surface area contributed by atoms with Gasteiger partial charge in [0.15, 0.2) is 0 Å². The van der Waals surface area contributed by atoms with Gasteiger partial charge in [-0.15, -0.1) is 0 Å². The van der Waals surface area contributed by atoms with Gasteiger partial charge in [0.25, 0.3) is 0 Å². The average Bonchev–Trinajstić information content (AvgIpc) is 3.94. The molecule has 7 rings (SSSR count). The number of carbonyl (C=O) groups excluding carboxylic acids is 5. The van der Waals surface area contributed by atoms with E-state index in [-0.39, 0.29) is 31.9 Å². The molecule has 0 unspecified atom stereocenters. The largest absolute Gasteiger partial charge is 0.458 e. The number of imidazole rings is 1. The molecule has 6 aromatic rings. The maximum atomic E-state index is 14.6. The number of alkyl carbamates (subject to hydrolysis) is 2. The van der Waals surface area contributed by atoms with Crippen LogP contribution in [0, 0.1) is 0 Å². The molecule has 0 radical (unpaired) electrons. The van der Waals surface area contributed by atoms with Crippen molar-refractivity contribution in [2.45, 2.75) is 102 Å². The first kappa shape index (κ1) is 51.1. The second-order valence-corrected chi connectivity index (χ2v) is 19.6. The Kier molecular flexibility index (Phi) is 16.4. The van der Waals surface area contributed by atoms with Gasteiger partial charge in [-0.25, -0.2) is 19.4 Å². The third-order valence-corrected chi connectivity index (χ3v) is 12.0. The summed E-state index contributed by atoms with van der Waals surface area (Å²) in [6, 6.07) is 43.8. The van der Waals surface area contributed by atoms with E-state index in [1.165, 1.54) is 0 Å². The molecule has 0 spiro atoms. The lowest BCUT2D eigenvalue weighted by Crippen LogP contribution is -2.54. The Balaban J connectivity index is 1.12. The van der Waals surface area contributed by atoms with Crippen LogP contribution in [0.4, 0.5) is 9.59 Å². The molecule has 1 aliphatic carbocycles. The molecular weight excluding hydrogens is 897 g/mol. The number of esters is 1. The molecule has 2 atom stereocenters. The van der Waals surface area contributed by atoms with E-state index >= 15 is 0 Å². The number of hydrogen-bond acceptors (Lipinski definition) is 9. The van der Waals surface area contributed by atoms with Crippen molar-refractivity contribution in [2.75, 3.05) is 19.7 Å². The Labute approximate surface area is 415 Å². The van der Waals surface area contributed by atoms with Crippen LogP contribution in [-0.2, 0) is 40.6 Å². The van der Waals surface area contributed by atoms with Crippen LogP contribution >= 0.6 is 0 Å². The van der Waals surface area contributed by atoms with Gasteiger partial charge in [0.1, 0.15) is 42.0 Å².